The predicted octanol–water partition coefficient (Wildman–Crippen LogP) is 1.84. The smallest absolute Gasteiger partial charge is 0.307 e. The van der Waals surface area contributed by atoms with Gasteiger partial charge in [0.05, 0.1) is 25.2 Å². The van der Waals surface area contributed by atoms with Crippen LogP contribution in [0, 0.1) is 18.3 Å². The number of methoxy groups -OCH3 is 1. The number of nitrogens with one attached hydrogen (secondary N) is 1. The number of carbonyl (C=O) groups excluding carboxylic acids is 1. The Morgan fingerprint density at radius 2 is 2.31 bits per heavy atom. The summed E-state index contributed by atoms with van der Waals surface area (Å²) >= 11 is 0. The van der Waals surface area contributed by atoms with Crippen molar-refractivity contribution in [3.8, 4) is 6.07 Å². The number of esters is 1. The van der Waals surface area contributed by atoms with Crippen molar-refractivity contribution in [2.24, 2.45) is 0 Å². The third kappa shape index (κ3) is 3.28. The van der Waals surface area contributed by atoms with Crippen LogP contribution in [-0.4, -0.2) is 19.6 Å². The molecule has 84 valence electrons. The highest BCUT2D eigenvalue weighted by atomic mass is 16.5. The third-order valence-electron chi connectivity index (χ3n) is 2.23. The highest BCUT2D eigenvalue weighted by molar-refractivity contribution is 5.70. The van der Waals surface area contributed by atoms with Crippen LogP contribution in [0.3, 0.4) is 0 Å². The standard InChI is InChI=1S/C12H14N2O2/c1-9-7-10(8-13)3-4-11(9)14-6-5-12(15)16-2/h3-4,7,14H,5-6H2,1-2H3. The number of anilines is 1. The summed E-state index contributed by atoms with van der Waals surface area (Å²) in [5.41, 5.74) is 2.56. The van der Waals surface area contributed by atoms with E-state index in [1.165, 1.54) is 7.11 Å². The zero-order valence-corrected chi connectivity index (χ0v) is 9.41. The molecule has 0 saturated carbocycles. The van der Waals surface area contributed by atoms with E-state index in [4.69, 9.17) is 5.26 Å². The Bertz CT molecular complexity index is 422. The Morgan fingerprint density at radius 3 is 2.88 bits per heavy atom. The fourth-order valence-corrected chi connectivity index (χ4v) is 1.33. The lowest BCUT2D eigenvalue weighted by molar-refractivity contribution is -0.140. The minimum Gasteiger partial charge on any atom is -0.469 e. The van der Waals surface area contributed by atoms with Crippen molar-refractivity contribution in [2.75, 3.05) is 19.0 Å². The summed E-state index contributed by atoms with van der Waals surface area (Å²) in [6.07, 6.45) is 0.329. The molecule has 16 heavy (non-hydrogen) atoms. The number of nitriles is 1. The first-order valence-electron chi connectivity index (χ1n) is 4.99. The van der Waals surface area contributed by atoms with Gasteiger partial charge in [0.25, 0.3) is 0 Å². The minimum absolute atomic E-state index is 0.237. The molecule has 0 aliphatic rings. The Morgan fingerprint density at radius 1 is 1.56 bits per heavy atom. The fourth-order valence-electron chi connectivity index (χ4n) is 1.33. The van der Waals surface area contributed by atoms with Crippen LogP contribution < -0.4 is 5.32 Å². The highest BCUT2D eigenvalue weighted by Crippen LogP contribution is 2.15. The molecule has 0 saturated heterocycles. The normalized spacial score (nSPS) is 9.31. The maximum absolute atomic E-state index is 10.9. The molecule has 0 aliphatic carbocycles. The van der Waals surface area contributed by atoms with Gasteiger partial charge in [-0.25, -0.2) is 0 Å². The van der Waals surface area contributed by atoms with E-state index in [0.717, 1.165) is 11.3 Å². The van der Waals surface area contributed by atoms with E-state index in [2.05, 4.69) is 16.1 Å². The zero-order valence-electron chi connectivity index (χ0n) is 9.41. The van der Waals surface area contributed by atoms with E-state index >= 15 is 0 Å². The molecule has 4 nitrogen and oxygen atoms in total. The second-order valence-electron chi connectivity index (χ2n) is 3.39. The van der Waals surface area contributed by atoms with Gasteiger partial charge < -0.3 is 10.1 Å². The van der Waals surface area contributed by atoms with Crippen molar-refractivity contribution in [3.05, 3.63) is 29.3 Å². The second kappa shape index (κ2) is 5.76. The monoisotopic (exact) mass is 218 g/mol. The van der Waals surface area contributed by atoms with Crippen molar-refractivity contribution >= 4 is 11.7 Å². The number of nitrogens with zero attached hydrogens (tertiary/aromatic N) is 1. The van der Waals surface area contributed by atoms with Gasteiger partial charge in [-0.1, -0.05) is 0 Å². The fraction of sp³-hybridized carbons (Fsp3) is 0.333. The first-order valence-corrected chi connectivity index (χ1v) is 4.99. The number of aryl methyl sites for hydroxylation is 1. The van der Waals surface area contributed by atoms with Crippen LogP contribution in [0.2, 0.25) is 0 Å². The molecule has 0 atom stereocenters. The number of benzene rings is 1. The van der Waals surface area contributed by atoms with Gasteiger partial charge >= 0.3 is 5.97 Å². The number of carbonyl (C=O) groups is 1. The lowest BCUT2D eigenvalue weighted by Gasteiger charge is -2.08. The molecule has 0 unspecified atom stereocenters. The van der Waals surface area contributed by atoms with Gasteiger partial charge in [0.2, 0.25) is 0 Å². The lowest BCUT2D eigenvalue weighted by atomic mass is 10.1. The molecule has 0 bridgehead atoms. The van der Waals surface area contributed by atoms with E-state index in [1.807, 2.05) is 13.0 Å². The first-order chi connectivity index (χ1) is 7.67. The van der Waals surface area contributed by atoms with Gasteiger partial charge in [0.15, 0.2) is 0 Å². The van der Waals surface area contributed by atoms with Gasteiger partial charge in [0.1, 0.15) is 0 Å². The van der Waals surface area contributed by atoms with Crippen LogP contribution in [0.1, 0.15) is 17.5 Å². The van der Waals surface area contributed by atoms with Gasteiger partial charge in [-0.2, -0.15) is 5.26 Å². The van der Waals surface area contributed by atoms with Crippen molar-refractivity contribution in [1.29, 1.82) is 5.26 Å². The zero-order chi connectivity index (χ0) is 12.0. The third-order valence-corrected chi connectivity index (χ3v) is 2.23. The summed E-state index contributed by atoms with van der Waals surface area (Å²) < 4.78 is 4.53. The van der Waals surface area contributed by atoms with Crippen molar-refractivity contribution in [2.45, 2.75) is 13.3 Å². The molecule has 0 radical (unpaired) electrons. The van der Waals surface area contributed by atoms with E-state index in [-0.39, 0.29) is 5.97 Å². The number of hydrogen-bond donors (Lipinski definition) is 1. The summed E-state index contributed by atoms with van der Waals surface area (Å²) in [6, 6.07) is 7.46. The van der Waals surface area contributed by atoms with Crippen LogP contribution in [0.5, 0.6) is 0 Å². The summed E-state index contributed by atoms with van der Waals surface area (Å²) in [4.78, 5) is 10.9. The molecule has 0 fully saturated rings. The largest absolute Gasteiger partial charge is 0.469 e. The van der Waals surface area contributed by atoms with Gasteiger partial charge in [-0.15, -0.1) is 0 Å². The Kier molecular flexibility index (Phi) is 4.34. The Labute approximate surface area is 94.8 Å². The molecule has 0 heterocycles. The van der Waals surface area contributed by atoms with Crippen LogP contribution in [0.15, 0.2) is 18.2 Å². The maximum Gasteiger partial charge on any atom is 0.307 e. The molecular formula is C12H14N2O2. The second-order valence-corrected chi connectivity index (χ2v) is 3.39. The predicted molar refractivity (Wildman–Crippen MR) is 61.0 cm³/mol. The average molecular weight is 218 g/mol. The van der Waals surface area contributed by atoms with E-state index in [0.29, 0.717) is 18.5 Å². The van der Waals surface area contributed by atoms with Crippen molar-refractivity contribution in [1.82, 2.24) is 0 Å². The highest BCUT2D eigenvalue weighted by Gasteiger charge is 2.02. The van der Waals surface area contributed by atoms with E-state index < -0.39 is 0 Å². The van der Waals surface area contributed by atoms with Crippen LogP contribution in [0.25, 0.3) is 0 Å². The summed E-state index contributed by atoms with van der Waals surface area (Å²) in [7, 11) is 1.37. The number of ether oxygens (including phenoxy) is 1. The van der Waals surface area contributed by atoms with Gasteiger partial charge in [-0.3, -0.25) is 4.79 Å². The topological polar surface area (TPSA) is 62.1 Å². The Balaban J connectivity index is 2.55. The summed E-state index contributed by atoms with van der Waals surface area (Å²) in [6.45, 7) is 2.45. The molecule has 1 aromatic rings. The molecule has 1 rings (SSSR count). The SMILES string of the molecule is COC(=O)CCNc1ccc(C#N)cc1C. The van der Waals surface area contributed by atoms with E-state index in [9.17, 15) is 4.79 Å². The average Bonchev–Trinajstić information content (AvgIpc) is 2.30. The molecule has 0 aromatic heterocycles. The molecule has 0 aliphatic heterocycles. The number of hydrogen-bond acceptors (Lipinski definition) is 4. The van der Waals surface area contributed by atoms with E-state index in [1.54, 1.807) is 12.1 Å². The first kappa shape index (κ1) is 12.1. The molecular weight excluding hydrogens is 204 g/mol. The van der Waals surface area contributed by atoms with Gasteiger partial charge in [0, 0.05) is 12.2 Å². The Hall–Kier alpha value is -2.02. The van der Waals surface area contributed by atoms with Gasteiger partial charge in [-0.05, 0) is 30.7 Å². The lowest BCUT2D eigenvalue weighted by Crippen LogP contribution is -2.10. The van der Waals surface area contributed by atoms with Crippen LogP contribution in [0.4, 0.5) is 5.69 Å². The van der Waals surface area contributed by atoms with Crippen molar-refractivity contribution in [3.63, 3.8) is 0 Å². The molecule has 0 spiro atoms. The summed E-state index contributed by atoms with van der Waals surface area (Å²) in [5, 5.41) is 11.8. The quantitative estimate of drug-likeness (QED) is 0.783. The molecule has 1 aromatic carbocycles. The summed E-state index contributed by atoms with van der Waals surface area (Å²) in [5.74, 6) is -0.237. The maximum atomic E-state index is 10.9. The van der Waals surface area contributed by atoms with Crippen molar-refractivity contribution < 1.29 is 9.53 Å². The van der Waals surface area contributed by atoms with Crippen LogP contribution >= 0.6 is 0 Å². The molecule has 1 N–H and O–H groups in total. The van der Waals surface area contributed by atoms with Crippen LogP contribution in [-0.2, 0) is 9.53 Å². The molecule has 4 heteroatoms. The number of rotatable bonds is 4. The molecule has 0 amide bonds. The minimum atomic E-state index is -0.237.